The summed E-state index contributed by atoms with van der Waals surface area (Å²) in [4.78, 5) is 14.0. The highest BCUT2D eigenvalue weighted by Gasteiger charge is 2.13. The van der Waals surface area contributed by atoms with Crippen molar-refractivity contribution in [2.75, 3.05) is 26.3 Å². The van der Waals surface area contributed by atoms with Crippen molar-refractivity contribution in [1.82, 2.24) is 4.90 Å². The zero-order chi connectivity index (χ0) is 15.8. The maximum atomic E-state index is 12.1. The quantitative estimate of drug-likeness (QED) is 0.755. The number of benzene rings is 1. The predicted molar refractivity (Wildman–Crippen MR) is 88.2 cm³/mol. The van der Waals surface area contributed by atoms with E-state index in [-0.39, 0.29) is 5.91 Å². The fourth-order valence-electron chi connectivity index (χ4n) is 2.56. The summed E-state index contributed by atoms with van der Waals surface area (Å²) in [5.74, 6) is 1.55. The monoisotopic (exact) mass is 303 g/mol. The Hall–Kier alpha value is -1.97. The van der Waals surface area contributed by atoms with Gasteiger partial charge in [0.2, 0.25) is 5.91 Å². The largest absolute Gasteiger partial charge is 0.490 e. The van der Waals surface area contributed by atoms with Crippen molar-refractivity contribution in [3.8, 4) is 11.5 Å². The van der Waals surface area contributed by atoms with E-state index in [0.29, 0.717) is 13.2 Å². The van der Waals surface area contributed by atoms with E-state index >= 15 is 0 Å². The molecule has 4 heteroatoms. The average Bonchev–Trinajstić information content (AvgIpc) is 2.56. The van der Waals surface area contributed by atoms with Crippen LogP contribution in [0.1, 0.15) is 38.7 Å². The molecule has 1 fully saturated rings. The molecule has 1 aromatic carbocycles. The van der Waals surface area contributed by atoms with Gasteiger partial charge in [-0.25, -0.2) is 0 Å². The van der Waals surface area contributed by atoms with Gasteiger partial charge >= 0.3 is 0 Å². The van der Waals surface area contributed by atoms with Gasteiger partial charge in [0, 0.05) is 19.2 Å². The van der Waals surface area contributed by atoms with Crippen molar-refractivity contribution in [3.05, 3.63) is 29.8 Å². The Morgan fingerprint density at radius 1 is 1.09 bits per heavy atom. The molecule has 1 aliphatic rings. The first-order valence-electron chi connectivity index (χ1n) is 8.11. The Balaban J connectivity index is 2.06. The molecule has 0 bridgehead atoms. The van der Waals surface area contributed by atoms with E-state index in [1.165, 1.54) is 6.42 Å². The number of piperidine rings is 1. The summed E-state index contributed by atoms with van der Waals surface area (Å²) < 4.78 is 11.1. The van der Waals surface area contributed by atoms with E-state index < -0.39 is 0 Å². The van der Waals surface area contributed by atoms with Crippen molar-refractivity contribution in [3.63, 3.8) is 0 Å². The zero-order valence-corrected chi connectivity index (χ0v) is 13.5. The second kappa shape index (κ2) is 8.47. The molecule has 1 saturated heterocycles. The molecule has 0 N–H and O–H groups in total. The molecule has 1 aromatic rings. The second-order valence-corrected chi connectivity index (χ2v) is 5.29. The summed E-state index contributed by atoms with van der Waals surface area (Å²) in [6.07, 6.45) is 6.93. The molecule has 0 saturated carbocycles. The van der Waals surface area contributed by atoms with E-state index in [9.17, 15) is 4.79 Å². The van der Waals surface area contributed by atoms with Crippen LogP contribution >= 0.6 is 0 Å². The summed E-state index contributed by atoms with van der Waals surface area (Å²) in [7, 11) is 0. The Morgan fingerprint density at radius 2 is 1.77 bits per heavy atom. The maximum Gasteiger partial charge on any atom is 0.246 e. The van der Waals surface area contributed by atoms with E-state index in [4.69, 9.17) is 9.47 Å². The molecule has 2 rings (SSSR count). The molecular weight excluding hydrogens is 278 g/mol. The summed E-state index contributed by atoms with van der Waals surface area (Å²) in [5, 5.41) is 0. The van der Waals surface area contributed by atoms with Crippen molar-refractivity contribution in [1.29, 1.82) is 0 Å². The first-order chi connectivity index (χ1) is 10.7. The van der Waals surface area contributed by atoms with Crippen molar-refractivity contribution in [2.24, 2.45) is 0 Å². The van der Waals surface area contributed by atoms with E-state index in [1.807, 2.05) is 43.0 Å². The number of amides is 1. The van der Waals surface area contributed by atoms with Crippen LogP contribution in [0.25, 0.3) is 6.08 Å². The van der Waals surface area contributed by atoms with E-state index in [2.05, 4.69) is 0 Å². The van der Waals surface area contributed by atoms with Crippen LogP contribution in [0.5, 0.6) is 11.5 Å². The fourth-order valence-corrected chi connectivity index (χ4v) is 2.56. The smallest absolute Gasteiger partial charge is 0.246 e. The molecule has 0 unspecified atom stereocenters. The van der Waals surface area contributed by atoms with Gasteiger partial charge in [0.1, 0.15) is 0 Å². The molecule has 4 nitrogen and oxygen atoms in total. The van der Waals surface area contributed by atoms with Crippen LogP contribution in [0.15, 0.2) is 24.3 Å². The zero-order valence-electron chi connectivity index (χ0n) is 13.5. The maximum absolute atomic E-state index is 12.1. The van der Waals surface area contributed by atoms with Gasteiger partial charge < -0.3 is 14.4 Å². The molecule has 1 aliphatic heterocycles. The van der Waals surface area contributed by atoms with Crippen molar-refractivity contribution >= 4 is 12.0 Å². The molecule has 0 aliphatic carbocycles. The van der Waals surface area contributed by atoms with Gasteiger partial charge in [-0.05, 0) is 56.9 Å². The van der Waals surface area contributed by atoms with E-state index in [1.54, 1.807) is 6.08 Å². The summed E-state index contributed by atoms with van der Waals surface area (Å²) in [5.41, 5.74) is 0.942. The van der Waals surface area contributed by atoms with Gasteiger partial charge in [-0.3, -0.25) is 4.79 Å². The minimum Gasteiger partial charge on any atom is -0.490 e. The Morgan fingerprint density at radius 3 is 2.45 bits per heavy atom. The molecule has 1 amide bonds. The molecule has 0 spiro atoms. The summed E-state index contributed by atoms with van der Waals surface area (Å²) in [6.45, 7) is 6.81. The lowest BCUT2D eigenvalue weighted by molar-refractivity contribution is -0.126. The van der Waals surface area contributed by atoms with Crippen LogP contribution < -0.4 is 9.47 Å². The highest BCUT2D eigenvalue weighted by atomic mass is 16.5. The standard InChI is InChI=1S/C18H25NO3/c1-3-21-16-10-8-15(14-17(16)22-4-2)9-11-18(20)19-12-6-5-7-13-19/h8-11,14H,3-7,12-13H2,1-2H3/b11-9+. The Labute approximate surface area is 132 Å². The van der Waals surface area contributed by atoms with Crippen LogP contribution in [0.2, 0.25) is 0 Å². The Bertz CT molecular complexity index is 519. The topological polar surface area (TPSA) is 38.8 Å². The van der Waals surface area contributed by atoms with E-state index in [0.717, 1.165) is 43.0 Å². The average molecular weight is 303 g/mol. The molecule has 0 aromatic heterocycles. The van der Waals surface area contributed by atoms with Crippen LogP contribution in [0, 0.1) is 0 Å². The van der Waals surface area contributed by atoms with Crippen LogP contribution in [0.3, 0.4) is 0 Å². The lowest BCUT2D eigenvalue weighted by Gasteiger charge is -2.25. The molecule has 1 heterocycles. The highest BCUT2D eigenvalue weighted by Crippen LogP contribution is 2.29. The minimum absolute atomic E-state index is 0.0894. The number of ether oxygens (including phenoxy) is 2. The second-order valence-electron chi connectivity index (χ2n) is 5.29. The molecule has 120 valence electrons. The number of nitrogens with zero attached hydrogens (tertiary/aromatic N) is 1. The van der Waals surface area contributed by atoms with Gasteiger partial charge in [-0.2, -0.15) is 0 Å². The molecule has 0 radical (unpaired) electrons. The van der Waals surface area contributed by atoms with Crippen LogP contribution in [-0.2, 0) is 4.79 Å². The van der Waals surface area contributed by atoms with Gasteiger partial charge in [-0.1, -0.05) is 6.07 Å². The number of likely N-dealkylation sites (tertiary alicyclic amines) is 1. The number of rotatable bonds is 6. The third-order valence-corrected chi connectivity index (χ3v) is 3.65. The fraction of sp³-hybridized carbons (Fsp3) is 0.500. The third-order valence-electron chi connectivity index (χ3n) is 3.65. The highest BCUT2D eigenvalue weighted by molar-refractivity contribution is 5.91. The normalized spacial score (nSPS) is 15.1. The third kappa shape index (κ3) is 4.52. The van der Waals surface area contributed by atoms with Crippen molar-refractivity contribution < 1.29 is 14.3 Å². The molecule has 0 atom stereocenters. The van der Waals surface area contributed by atoms with Gasteiger partial charge in [0.25, 0.3) is 0 Å². The molecule has 22 heavy (non-hydrogen) atoms. The SMILES string of the molecule is CCOc1ccc(/C=C/C(=O)N2CCCCC2)cc1OCC. The summed E-state index contributed by atoms with van der Waals surface area (Å²) in [6, 6.07) is 5.74. The first-order valence-corrected chi connectivity index (χ1v) is 8.11. The van der Waals surface area contributed by atoms with Gasteiger partial charge in [0.15, 0.2) is 11.5 Å². The minimum atomic E-state index is 0.0894. The Kier molecular flexibility index (Phi) is 6.31. The predicted octanol–water partition coefficient (Wildman–Crippen LogP) is 3.51. The first kappa shape index (κ1) is 16.4. The van der Waals surface area contributed by atoms with Gasteiger partial charge in [-0.15, -0.1) is 0 Å². The summed E-state index contributed by atoms with van der Waals surface area (Å²) >= 11 is 0. The number of carbonyl (C=O) groups is 1. The van der Waals surface area contributed by atoms with Gasteiger partial charge in [0.05, 0.1) is 13.2 Å². The number of hydrogen-bond donors (Lipinski definition) is 0. The lowest BCUT2D eigenvalue weighted by atomic mass is 10.1. The lowest BCUT2D eigenvalue weighted by Crippen LogP contribution is -2.34. The van der Waals surface area contributed by atoms with Crippen molar-refractivity contribution in [2.45, 2.75) is 33.1 Å². The number of hydrogen-bond acceptors (Lipinski definition) is 3. The van der Waals surface area contributed by atoms with Crippen LogP contribution in [-0.4, -0.2) is 37.1 Å². The van der Waals surface area contributed by atoms with Crippen LogP contribution in [0.4, 0.5) is 0 Å². The molecular formula is C18H25NO3. The number of carbonyl (C=O) groups excluding carboxylic acids is 1.